The van der Waals surface area contributed by atoms with Crippen LogP contribution in [0.4, 0.5) is 0 Å². The van der Waals surface area contributed by atoms with Gasteiger partial charge in [-0.3, -0.25) is 14.1 Å². The van der Waals surface area contributed by atoms with E-state index in [-0.39, 0.29) is 5.56 Å². The van der Waals surface area contributed by atoms with E-state index in [9.17, 15) is 4.79 Å². The first-order valence-electron chi connectivity index (χ1n) is 9.60. The second-order valence-corrected chi connectivity index (χ2v) is 7.95. The van der Waals surface area contributed by atoms with Gasteiger partial charge in [0.2, 0.25) is 0 Å². The number of fused-ring (bicyclic) bond motifs is 1. The van der Waals surface area contributed by atoms with Crippen molar-refractivity contribution >= 4 is 5.65 Å². The van der Waals surface area contributed by atoms with Crippen LogP contribution >= 0.6 is 0 Å². The third kappa shape index (κ3) is 4.64. The van der Waals surface area contributed by atoms with Gasteiger partial charge in [0.1, 0.15) is 5.65 Å². The minimum Gasteiger partial charge on any atom is -0.293 e. The van der Waals surface area contributed by atoms with E-state index in [2.05, 4.69) is 50.8 Å². The lowest BCUT2D eigenvalue weighted by molar-refractivity contribution is 0.224. The van der Waals surface area contributed by atoms with E-state index in [4.69, 9.17) is 4.98 Å². The monoisotopic (exact) mass is 363 g/mol. The molecule has 2 heterocycles. The number of hydrogen-bond donors (Lipinski definition) is 0. The summed E-state index contributed by atoms with van der Waals surface area (Å²) in [6.07, 6.45) is 1.84. The summed E-state index contributed by atoms with van der Waals surface area (Å²) in [4.78, 5) is 19.7. The summed E-state index contributed by atoms with van der Waals surface area (Å²) in [6, 6.07) is 12.0. The third-order valence-corrected chi connectivity index (χ3v) is 4.90. The largest absolute Gasteiger partial charge is 0.293 e. The van der Waals surface area contributed by atoms with Gasteiger partial charge in [0.25, 0.3) is 5.56 Å². The highest BCUT2D eigenvalue weighted by Gasteiger charge is 2.14. The number of pyridine rings is 1. The first-order valence-corrected chi connectivity index (χ1v) is 9.60. The van der Waals surface area contributed by atoms with Crippen molar-refractivity contribution in [1.29, 1.82) is 0 Å². The number of hydrogen-bond acceptors (Lipinski definition) is 3. The fraction of sp³-hybridized carbons (Fsp3) is 0.391. The lowest BCUT2D eigenvalue weighted by Crippen LogP contribution is -2.29. The maximum Gasteiger partial charge on any atom is 0.258 e. The van der Waals surface area contributed by atoms with Crippen LogP contribution in [0.2, 0.25) is 0 Å². The van der Waals surface area contributed by atoms with Crippen LogP contribution in [0.5, 0.6) is 0 Å². The van der Waals surface area contributed by atoms with Gasteiger partial charge >= 0.3 is 0 Å². The molecule has 142 valence electrons. The van der Waals surface area contributed by atoms with Crippen molar-refractivity contribution in [3.05, 3.63) is 80.9 Å². The number of benzene rings is 1. The van der Waals surface area contributed by atoms with Crippen LogP contribution in [0.1, 0.15) is 41.8 Å². The number of aromatic nitrogens is 2. The fourth-order valence-electron chi connectivity index (χ4n) is 3.59. The molecule has 0 aliphatic heterocycles. The Balaban J connectivity index is 1.92. The maximum atomic E-state index is 12.5. The number of aryl methyl sites for hydroxylation is 3. The van der Waals surface area contributed by atoms with E-state index in [0.29, 0.717) is 18.1 Å². The summed E-state index contributed by atoms with van der Waals surface area (Å²) in [6.45, 7) is 13.3. The van der Waals surface area contributed by atoms with Crippen LogP contribution in [0.15, 0.2) is 47.4 Å². The summed E-state index contributed by atoms with van der Waals surface area (Å²) in [5.74, 6) is 0.540. The number of nitrogens with zero attached hydrogens (tertiary/aromatic N) is 3. The molecule has 2 aromatic heterocycles. The Morgan fingerprint density at radius 2 is 1.74 bits per heavy atom. The third-order valence-electron chi connectivity index (χ3n) is 4.90. The number of rotatable bonds is 6. The summed E-state index contributed by atoms with van der Waals surface area (Å²) in [7, 11) is 0. The molecule has 0 bridgehead atoms. The predicted molar refractivity (Wildman–Crippen MR) is 111 cm³/mol. The predicted octanol–water partition coefficient (Wildman–Crippen LogP) is 4.28. The van der Waals surface area contributed by atoms with Gasteiger partial charge in [-0.05, 0) is 55.0 Å². The highest BCUT2D eigenvalue weighted by molar-refractivity contribution is 5.40. The molecule has 4 nitrogen and oxygen atoms in total. The lowest BCUT2D eigenvalue weighted by atomic mass is 10.0. The van der Waals surface area contributed by atoms with E-state index in [1.54, 1.807) is 10.5 Å². The molecule has 0 N–H and O–H groups in total. The highest BCUT2D eigenvalue weighted by Crippen LogP contribution is 2.18. The zero-order valence-electron chi connectivity index (χ0n) is 17.0. The smallest absolute Gasteiger partial charge is 0.258 e. The second-order valence-electron chi connectivity index (χ2n) is 7.95. The minimum atomic E-state index is -0.0183. The quantitative estimate of drug-likeness (QED) is 0.656. The Morgan fingerprint density at radius 3 is 2.41 bits per heavy atom. The molecule has 0 radical (unpaired) electrons. The van der Waals surface area contributed by atoms with Crippen molar-refractivity contribution in [3.8, 4) is 0 Å². The molecule has 4 heteroatoms. The summed E-state index contributed by atoms with van der Waals surface area (Å²) >= 11 is 0. The van der Waals surface area contributed by atoms with Gasteiger partial charge in [-0.25, -0.2) is 4.98 Å². The zero-order valence-corrected chi connectivity index (χ0v) is 17.0. The molecule has 27 heavy (non-hydrogen) atoms. The molecule has 3 rings (SSSR count). The van der Waals surface area contributed by atoms with Gasteiger partial charge < -0.3 is 0 Å². The molecule has 0 saturated heterocycles. The van der Waals surface area contributed by atoms with Crippen LogP contribution in [0.25, 0.3) is 5.65 Å². The molecule has 0 fully saturated rings. The molecule has 0 aliphatic rings. The van der Waals surface area contributed by atoms with Crippen molar-refractivity contribution in [1.82, 2.24) is 14.3 Å². The standard InChI is InChI=1S/C23H29N3O/c1-16(2)12-25(15-21-18(4)7-6-8-19(21)5)14-20-11-23(27)26-13-17(3)9-10-22(26)24-20/h6-11,13,16H,12,14-15H2,1-5H3. The van der Waals surface area contributed by atoms with Crippen LogP contribution in [-0.2, 0) is 13.1 Å². The van der Waals surface area contributed by atoms with E-state index in [1.165, 1.54) is 16.7 Å². The first kappa shape index (κ1) is 19.3. The van der Waals surface area contributed by atoms with Crippen molar-refractivity contribution in [2.75, 3.05) is 6.54 Å². The average molecular weight is 364 g/mol. The molecule has 0 spiro atoms. The average Bonchev–Trinajstić information content (AvgIpc) is 2.58. The van der Waals surface area contributed by atoms with E-state index in [1.807, 2.05) is 25.3 Å². The van der Waals surface area contributed by atoms with Crippen LogP contribution in [0, 0.1) is 26.7 Å². The fourth-order valence-corrected chi connectivity index (χ4v) is 3.59. The van der Waals surface area contributed by atoms with Gasteiger partial charge in [-0.2, -0.15) is 0 Å². The Labute approximate surface area is 161 Å². The summed E-state index contributed by atoms with van der Waals surface area (Å²) in [5.41, 5.74) is 6.56. The summed E-state index contributed by atoms with van der Waals surface area (Å²) in [5, 5.41) is 0. The molecule has 0 saturated carbocycles. The van der Waals surface area contributed by atoms with E-state index >= 15 is 0 Å². The SMILES string of the molecule is Cc1ccc2nc(CN(Cc3c(C)cccc3C)CC(C)C)cc(=O)n2c1. The Hall–Kier alpha value is -2.46. The molecule has 0 atom stereocenters. The van der Waals surface area contributed by atoms with Crippen molar-refractivity contribution in [2.45, 2.75) is 47.7 Å². The Bertz CT molecular complexity index is 984. The normalized spacial score (nSPS) is 11.7. The molecule has 3 aromatic rings. The molecule has 0 aliphatic carbocycles. The lowest BCUT2D eigenvalue weighted by Gasteiger charge is -2.26. The van der Waals surface area contributed by atoms with Crippen molar-refractivity contribution < 1.29 is 0 Å². The maximum absolute atomic E-state index is 12.5. The zero-order chi connectivity index (χ0) is 19.6. The molecule has 1 aromatic carbocycles. The topological polar surface area (TPSA) is 37.6 Å². The molecular formula is C23H29N3O. The van der Waals surface area contributed by atoms with Gasteiger partial charge in [0.15, 0.2) is 0 Å². The van der Waals surface area contributed by atoms with Crippen LogP contribution < -0.4 is 5.56 Å². The first-order chi connectivity index (χ1) is 12.8. The Morgan fingerprint density at radius 1 is 1.04 bits per heavy atom. The molecule has 0 unspecified atom stereocenters. The highest BCUT2D eigenvalue weighted by atomic mass is 16.1. The second kappa shape index (κ2) is 8.05. The van der Waals surface area contributed by atoms with Gasteiger partial charge in [0.05, 0.1) is 5.69 Å². The van der Waals surface area contributed by atoms with Gasteiger partial charge in [-0.1, -0.05) is 38.1 Å². The van der Waals surface area contributed by atoms with Gasteiger partial charge in [0, 0.05) is 31.9 Å². The van der Waals surface area contributed by atoms with Crippen molar-refractivity contribution in [3.63, 3.8) is 0 Å². The van der Waals surface area contributed by atoms with Crippen molar-refractivity contribution in [2.24, 2.45) is 5.92 Å². The van der Waals surface area contributed by atoms with E-state index < -0.39 is 0 Å². The summed E-state index contributed by atoms with van der Waals surface area (Å²) < 4.78 is 1.62. The molecule has 0 amide bonds. The van der Waals surface area contributed by atoms with E-state index in [0.717, 1.165) is 24.3 Å². The van der Waals surface area contributed by atoms with Gasteiger partial charge in [-0.15, -0.1) is 0 Å². The van der Waals surface area contributed by atoms with Crippen LogP contribution in [0.3, 0.4) is 0 Å². The Kier molecular flexibility index (Phi) is 5.76. The molecular weight excluding hydrogens is 334 g/mol. The van der Waals surface area contributed by atoms with Crippen LogP contribution in [-0.4, -0.2) is 20.8 Å². The minimum absolute atomic E-state index is 0.0183.